The van der Waals surface area contributed by atoms with Gasteiger partial charge in [-0.3, -0.25) is 0 Å². The quantitative estimate of drug-likeness (QED) is 0.843. The van der Waals surface area contributed by atoms with E-state index in [1.807, 2.05) is 6.07 Å². The van der Waals surface area contributed by atoms with Gasteiger partial charge < -0.3 is 4.90 Å². The van der Waals surface area contributed by atoms with Gasteiger partial charge in [-0.2, -0.15) is 4.31 Å². The molecule has 3 rings (SSSR count). The van der Waals surface area contributed by atoms with Crippen molar-refractivity contribution in [3.05, 3.63) is 75.9 Å². The van der Waals surface area contributed by atoms with Crippen molar-refractivity contribution in [3.63, 3.8) is 0 Å². The predicted molar refractivity (Wildman–Crippen MR) is 102 cm³/mol. The summed E-state index contributed by atoms with van der Waals surface area (Å²) in [6, 6.07) is 13.7. The van der Waals surface area contributed by atoms with Crippen molar-refractivity contribution in [2.75, 3.05) is 26.2 Å². The normalized spacial score (nSPS) is 17.0. The number of piperazine rings is 1. The average molecular weight is 396 g/mol. The minimum atomic E-state index is -3.46. The fourth-order valence-electron chi connectivity index (χ4n) is 2.97. The van der Waals surface area contributed by atoms with Crippen molar-refractivity contribution in [2.45, 2.75) is 6.54 Å². The van der Waals surface area contributed by atoms with E-state index >= 15 is 0 Å². The van der Waals surface area contributed by atoms with Gasteiger partial charge in [-0.15, -0.1) is 0 Å². The highest BCUT2D eigenvalue weighted by Gasteiger charge is 2.27. The molecule has 0 radical (unpaired) electrons. The molecule has 0 amide bonds. The number of benzene rings is 2. The van der Waals surface area contributed by atoms with Gasteiger partial charge >= 0.3 is 0 Å². The van der Waals surface area contributed by atoms with Crippen LogP contribution in [0.5, 0.6) is 0 Å². The average Bonchev–Trinajstić information content (AvgIpc) is 2.64. The number of nitrogens with zero attached hydrogens (tertiary/aromatic N) is 1. The SMILES string of the molecule is O=S(=O)(/C=C/c1ccc(Cl)cc1)N1CC[NH+](Cc2ccccc2F)CC1. The van der Waals surface area contributed by atoms with E-state index in [-0.39, 0.29) is 5.82 Å². The third-order valence-corrected chi connectivity index (χ3v) is 6.31. The minimum Gasteiger partial charge on any atom is -0.329 e. The zero-order valence-corrected chi connectivity index (χ0v) is 15.8. The van der Waals surface area contributed by atoms with Gasteiger partial charge in [0.15, 0.2) is 0 Å². The fourth-order valence-corrected chi connectivity index (χ4v) is 4.29. The van der Waals surface area contributed by atoms with E-state index in [9.17, 15) is 12.8 Å². The Morgan fingerprint density at radius 3 is 2.38 bits per heavy atom. The smallest absolute Gasteiger partial charge is 0.236 e. The maximum Gasteiger partial charge on any atom is 0.236 e. The van der Waals surface area contributed by atoms with Crippen LogP contribution in [0, 0.1) is 5.82 Å². The number of quaternary nitrogens is 1. The summed E-state index contributed by atoms with van der Waals surface area (Å²) in [6.07, 6.45) is 1.57. The number of hydrogen-bond acceptors (Lipinski definition) is 2. The van der Waals surface area contributed by atoms with Gasteiger partial charge in [0.2, 0.25) is 10.0 Å². The lowest BCUT2D eigenvalue weighted by Crippen LogP contribution is -3.13. The third kappa shape index (κ3) is 4.92. The molecular weight excluding hydrogens is 375 g/mol. The van der Waals surface area contributed by atoms with Crippen LogP contribution in [0.15, 0.2) is 53.9 Å². The first-order chi connectivity index (χ1) is 12.4. The van der Waals surface area contributed by atoms with E-state index in [0.29, 0.717) is 43.3 Å². The number of nitrogens with one attached hydrogen (secondary N) is 1. The molecule has 2 aromatic rings. The van der Waals surface area contributed by atoms with Crippen LogP contribution in [0.25, 0.3) is 6.08 Å². The highest BCUT2D eigenvalue weighted by molar-refractivity contribution is 7.92. The summed E-state index contributed by atoms with van der Waals surface area (Å²) in [4.78, 5) is 1.18. The summed E-state index contributed by atoms with van der Waals surface area (Å²) in [5.74, 6) is -0.207. The van der Waals surface area contributed by atoms with Crippen LogP contribution in [0.1, 0.15) is 11.1 Å². The summed E-state index contributed by atoms with van der Waals surface area (Å²) in [7, 11) is -3.46. The molecule has 26 heavy (non-hydrogen) atoms. The van der Waals surface area contributed by atoms with Gasteiger partial charge in [0.25, 0.3) is 0 Å². The van der Waals surface area contributed by atoms with E-state index in [1.54, 1.807) is 42.5 Å². The predicted octanol–water partition coefficient (Wildman–Crippen LogP) is 2.18. The van der Waals surface area contributed by atoms with Crippen molar-refractivity contribution in [1.82, 2.24) is 4.31 Å². The molecule has 7 heteroatoms. The molecule has 0 saturated carbocycles. The van der Waals surface area contributed by atoms with Gasteiger partial charge in [-0.05, 0) is 29.8 Å². The summed E-state index contributed by atoms with van der Waals surface area (Å²) < 4.78 is 40.2. The molecule has 138 valence electrons. The molecule has 1 aliphatic rings. The molecule has 0 aromatic heterocycles. The van der Waals surface area contributed by atoms with Gasteiger partial charge in [-0.1, -0.05) is 41.9 Å². The number of sulfonamides is 1. The first kappa shape index (κ1) is 19.0. The molecule has 2 aromatic carbocycles. The van der Waals surface area contributed by atoms with Crippen LogP contribution in [0.4, 0.5) is 4.39 Å². The van der Waals surface area contributed by atoms with Crippen molar-refractivity contribution in [3.8, 4) is 0 Å². The molecule has 0 bridgehead atoms. The largest absolute Gasteiger partial charge is 0.329 e. The molecule has 1 heterocycles. The zero-order valence-electron chi connectivity index (χ0n) is 14.2. The Bertz CT molecular complexity index is 877. The molecule has 0 unspecified atom stereocenters. The second kappa shape index (κ2) is 8.31. The van der Waals surface area contributed by atoms with E-state index in [4.69, 9.17) is 11.6 Å². The Labute approximate surface area is 158 Å². The summed E-state index contributed by atoms with van der Waals surface area (Å²) in [5.41, 5.74) is 1.45. The van der Waals surface area contributed by atoms with Crippen LogP contribution in [0.2, 0.25) is 5.02 Å². The monoisotopic (exact) mass is 395 g/mol. The van der Waals surface area contributed by atoms with Crippen LogP contribution >= 0.6 is 11.6 Å². The van der Waals surface area contributed by atoms with Crippen molar-refractivity contribution < 1.29 is 17.7 Å². The van der Waals surface area contributed by atoms with Crippen LogP contribution in [0.3, 0.4) is 0 Å². The highest BCUT2D eigenvalue weighted by Crippen LogP contribution is 2.13. The first-order valence-electron chi connectivity index (χ1n) is 8.45. The van der Waals surface area contributed by atoms with Gasteiger partial charge in [0, 0.05) is 16.0 Å². The molecule has 1 N–H and O–H groups in total. The number of rotatable bonds is 5. The van der Waals surface area contributed by atoms with Crippen LogP contribution < -0.4 is 4.90 Å². The van der Waals surface area contributed by atoms with Gasteiger partial charge in [0.1, 0.15) is 12.4 Å². The molecule has 1 saturated heterocycles. The first-order valence-corrected chi connectivity index (χ1v) is 10.3. The third-order valence-electron chi connectivity index (χ3n) is 4.49. The Balaban J connectivity index is 1.58. The lowest BCUT2D eigenvalue weighted by Gasteiger charge is -2.30. The Kier molecular flexibility index (Phi) is 6.09. The van der Waals surface area contributed by atoms with E-state index in [2.05, 4.69) is 0 Å². The summed E-state index contributed by atoms with van der Waals surface area (Å²) >= 11 is 5.83. The molecule has 0 spiro atoms. The molecule has 0 aliphatic carbocycles. The summed E-state index contributed by atoms with van der Waals surface area (Å²) in [6.45, 7) is 2.74. The van der Waals surface area contributed by atoms with Crippen molar-refractivity contribution in [2.24, 2.45) is 0 Å². The lowest BCUT2D eigenvalue weighted by molar-refractivity contribution is -0.917. The standard InChI is InChI=1S/C19H20ClFN2O2S/c20-18-7-5-16(6-8-18)9-14-26(24,25)23-12-10-22(11-13-23)15-17-3-1-2-4-19(17)21/h1-9,14H,10-13,15H2/p+1/b14-9+. The second-order valence-corrected chi connectivity index (χ2v) is 8.57. The Hall–Kier alpha value is -1.73. The molecular formula is C19H21ClFN2O2S+. The van der Waals surface area contributed by atoms with E-state index < -0.39 is 10.0 Å². The van der Waals surface area contributed by atoms with Gasteiger partial charge in [-0.25, -0.2) is 12.8 Å². The second-order valence-electron chi connectivity index (χ2n) is 6.32. The van der Waals surface area contributed by atoms with E-state index in [0.717, 1.165) is 5.56 Å². The van der Waals surface area contributed by atoms with E-state index in [1.165, 1.54) is 20.7 Å². The number of hydrogen-bond donors (Lipinski definition) is 1. The van der Waals surface area contributed by atoms with Crippen molar-refractivity contribution >= 4 is 27.7 Å². The Morgan fingerprint density at radius 1 is 1.08 bits per heavy atom. The highest BCUT2D eigenvalue weighted by atomic mass is 35.5. The minimum absolute atomic E-state index is 0.207. The Morgan fingerprint density at radius 2 is 1.73 bits per heavy atom. The van der Waals surface area contributed by atoms with Crippen molar-refractivity contribution in [1.29, 1.82) is 0 Å². The van der Waals surface area contributed by atoms with Gasteiger partial charge in [0.05, 0.1) is 26.2 Å². The topological polar surface area (TPSA) is 41.8 Å². The fraction of sp³-hybridized carbons (Fsp3) is 0.263. The summed E-state index contributed by atoms with van der Waals surface area (Å²) in [5, 5.41) is 1.84. The maximum atomic E-state index is 13.8. The van der Waals surface area contributed by atoms with Crippen LogP contribution in [-0.4, -0.2) is 38.9 Å². The molecule has 1 fully saturated rings. The number of halogens is 2. The lowest BCUT2D eigenvalue weighted by atomic mass is 10.2. The van der Waals surface area contributed by atoms with Crippen LogP contribution in [-0.2, 0) is 16.6 Å². The molecule has 4 nitrogen and oxygen atoms in total. The molecule has 0 atom stereocenters. The maximum absolute atomic E-state index is 13.8. The molecule has 1 aliphatic heterocycles. The zero-order chi connectivity index (χ0) is 18.6.